The van der Waals surface area contributed by atoms with Crippen LogP contribution in [0.4, 0.5) is 16.2 Å². The minimum absolute atomic E-state index is 0.0292. The maximum absolute atomic E-state index is 13.6. The van der Waals surface area contributed by atoms with E-state index in [1.807, 2.05) is 13.8 Å². The quantitative estimate of drug-likeness (QED) is 0.609. The normalized spacial score (nSPS) is 15.9. The number of nitrogens with one attached hydrogen (secondary N) is 2. The number of aryl methyl sites for hydroxylation is 1. The number of anilines is 2. The molecule has 3 rings (SSSR count). The molecule has 11 nitrogen and oxygen atoms in total. The van der Waals surface area contributed by atoms with Gasteiger partial charge in [0.2, 0.25) is 5.91 Å². The number of benzene rings is 1. The molecule has 1 atom stereocenters. The first-order valence-corrected chi connectivity index (χ1v) is 11.1. The second-order valence-electron chi connectivity index (χ2n) is 7.48. The number of carboxylic acid groups (broad SMARTS) is 1. The third-order valence-corrected chi connectivity index (χ3v) is 6.57. The Bertz CT molecular complexity index is 1110. The first-order valence-electron chi connectivity index (χ1n) is 9.62. The number of rotatable bonds is 6. The number of amides is 2. The number of fused-ring (bicyclic) bond motifs is 1. The molecule has 0 aliphatic carbocycles. The van der Waals surface area contributed by atoms with Gasteiger partial charge in [-0.1, -0.05) is 0 Å². The molecule has 1 unspecified atom stereocenters. The highest BCUT2D eigenvalue weighted by Gasteiger charge is 2.36. The molecule has 1 aliphatic rings. The van der Waals surface area contributed by atoms with E-state index in [0.717, 1.165) is 0 Å². The van der Waals surface area contributed by atoms with Crippen LogP contribution < -0.4 is 19.7 Å². The predicted molar refractivity (Wildman–Crippen MR) is 113 cm³/mol. The van der Waals surface area contributed by atoms with Crippen LogP contribution in [0.15, 0.2) is 29.3 Å². The molecule has 3 N–H and O–H groups in total. The van der Waals surface area contributed by atoms with Crippen molar-refractivity contribution in [1.82, 2.24) is 15.1 Å². The number of carbonyl (C=O) groups excluding carboxylic acids is 1. The maximum Gasteiger partial charge on any atom is 0.409 e. The van der Waals surface area contributed by atoms with Crippen LogP contribution in [0, 0.1) is 6.92 Å². The van der Waals surface area contributed by atoms with Gasteiger partial charge >= 0.3 is 6.09 Å². The Labute approximate surface area is 180 Å². The van der Waals surface area contributed by atoms with Crippen LogP contribution in [0.5, 0.6) is 5.75 Å². The largest absolute Gasteiger partial charge is 0.484 e. The molecule has 31 heavy (non-hydrogen) atoms. The fourth-order valence-electron chi connectivity index (χ4n) is 3.21. The molecule has 2 amide bonds. The molecule has 1 aliphatic heterocycles. The maximum atomic E-state index is 13.6. The van der Waals surface area contributed by atoms with E-state index in [-0.39, 0.29) is 47.1 Å². The van der Waals surface area contributed by atoms with E-state index in [1.165, 1.54) is 35.6 Å². The molecular formula is C19H25N5O6S. The number of sulfonamides is 1. The molecular weight excluding hydrogens is 426 g/mol. The van der Waals surface area contributed by atoms with Gasteiger partial charge in [0.15, 0.2) is 0 Å². The molecule has 12 heteroatoms. The van der Waals surface area contributed by atoms with Crippen molar-refractivity contribution in [2.24, 2.45) is 0 Å². The molecule has 0 saturated heterocycles. The van der Waals surface area contributed by atoms with Crippen LogP contribution in [0.25, 0.3) is 0 Å². The highest BCUT2D eigenvalue weighted by molar-refractivity contribution is 7.92. The van der Waals surface area contributed by atoms with Crippen LogP contribution in [0.2, 0.25) is 0 Å². The van der Waals surface area contributed by atoms with Gasteiger partial charge in [-0.05, 0) is 39.0 Å². The Balaban J connectivity index is 2.07. The Morgan fingerprint density at radius 3 is 2.65 bits per heavy atom. The van der Waals surface area contributed by atoms with Gasteiger partial charge in [0.1, 0.15) is 16.7 Å². The summed E-state index contributed by atoms with van der Waals surface area (Å²) in [5, 5.41) is 18.1. The zero-order valence-electron chi connectivity index (χ0n) is 17.6. The van der Waals surface area contributed by atoms with Gasteiger partial charge in [-0.3, -0.25) is 19.1 Å². The molecule has 1 aromatic carbocycles. The van der Waals surface area contributed by atoms with Crippen molar-refractivity contribution < 1.29 is 27.9 Å². The van der Waals surface area contributed by atoms with E-state index < -0.39 is 22.2 Å². The van der Waals surface area contributed by atoms with E-state index in [1.54, 1.807) is 11.6 Å². The van der Waals surface area contributed by atoms with E-state index in [4.69, 9.17) is 9.84 Å². The van der Waals surface area contributed by atoms with Gasteiger partial charge in [0.05, 0.1) is 24.5 Å². The summed E-state index contributed by atoms with van der Waals surface area (Å²) in [6.07, 6.45) is -0.430. The summed E-state index contributed by atoms with van der Waals surface area (Å²) in [6, 6.07) is 4.34. The monoisotopic (exact) mass is 451 g/mol. The van der Waals surface area contributed by atoms with Crippen molar-refractivity contribution in [3.63, 3.8) is 0 Å². The lowest BCUT2D eigenvalue weighted by Gasteiger charge is -2.35. The van der Waals surface area contributed by atoms with Gasteiger partial charge in [0.25, 0.3) is 10.0 Å². The Morgan fingerprint density at radius 1 is 1.35 bits per heavy atom. The first kappa shape index (κ1) is 22.4. The molecule has 168 valence electrons. The molecule has 0 bridgehead atoms. The van der Waals surface area contributed by atoms with Crippen LogP contribution in [-0.2, 0) is 14.8 Å². The lowest BCUT2D eigenvalue weighted by Crippen LogP contribution is -2.48. The summed E-state index contributed by atoms with van der Waals surface area (Å²) in [5.41, 5.74) is 0.743. The van der Waals surface area contributed by atoms with Crippen molar-refractivity contribution >= 4 is 33.4 Å². The number of hydrogen-bond donors (Lipinski definition) is 3. The minimum Gasteiger partial charge on any atom is -0.484 e. The lowest BCUT2D eigenvalue weighted by molar-refractivity contribution is -0.119. The van der Waals surface area contributed by atoms with Crippen LogP contribution >= 0.6 is 0 Å². The fourth-order valence-corrected chi connectivity index (χ4v) is 4.86. The van der Waals surface area contributed by atoms with E-state index in [2.05, 4.69) is 15.7 Å². The van der Waals surface area contributed by atoms with Gasteiger partial charge in [0, 0.05) is 24.8 Å². The number of aromatic nitrogens is 2. The number of ether oxygens (including phenoxy) is 1. The highest BCUT2D eigenvalue weighted by Crippen LogP contribution is 2.39. The van der Waals surface area contributed by atoms with E-state index in [0.29, 0.717) is 5.69 Å². The topological polar surface area (TPSA) is 143 Å². The molecule has 2 heterocycles. The second kappa shape index (κ2) is 8.46. The van der Waals surface area contributed by atoms with Crippen molar-refractivity contribution in [3.8, 4) is 5.75 Å². The van der Waals surface area contributed by atoms with E-state index >= 15 is 0 Å². The summed E-state index contributed by atoms with van der Waals surface area (Å²) in [6.45, 7) is 6.79. The molecule has 1 aromatic heterocycles. The summed E-state index contributed by atoms with van der Waals surface area (Å²) in [4.78, 5) is 22.4. The average molecular weight is 452 g/mol. The van der Waals surface area contributed by atoms with Crippen LogP contribution in [0.3, 0.4) is 0 Å². The summed E-state index contributed by atoms with van der Waals surface area (Å²) < 4.78 is 35.8. The number of nitrogens with zero attached hydrogens (tertiary/aromatic N) is 3. The average Bonchev–Trinajstić information content (AvgIpc) is 3.08. The summed E-state index contributed by atoms with van der Waals surface area (Å²) in [5.74, 6) is -0.00566. The predicted octanol–water partition coefficient (Wildman–Crippen LogP) is 1.95. The standard InChI is InChI=1S/C19H25N5O6S/c1-11(2)23-10-18(12(3)22-23)31(28,29)24-9-15(8-20-13(4)25)30-17-6-5-14(7-16(17)24)21-19(26)27/h5-7,10-11,15,21H,8-9H2,1-4H3,(H,20,25)(H,26,27). The van der Waals surface area contributed by atoms with Gasteiger partial charge in [-0.15, -0.1) is 0 Å². The first-order chi connectivity index (χ1) is 14.5. The van der Waals surface area contributed by atoms with Crippen molar-refractivity contribution in [3.05, 3.63) is 30.1 Å². The van der Waals surface area contributed by atoms with Gasteiger partial charge < -0.3 is 15.2 Å². The van der Waals surface area contributed by atoms with Crippen molar-refractivity contribution in [1.29, 1.82) is 0 Å². The molecule has 2 aromatic rings. The second-order valence-corrected chi connectivity index (χ2v) is 9.31. The van der Waals surface area contributed by atoms with Gasteiger partial charge in [-0.25, -0.2) is 13.2 Å². The Kier molecular flexibility index (Phi) is 6.11. The highest BCUT2D eigenvalue weighted by atomic mass is 32.2. The smallest absolute Gasteiger partial charge is 0.409 e. The third-order valence-electron chi connectivity index (χ3n) is 4.69. The van der Waals surface area contributed by atoms with E-state index in [9.17, 15) is 18.0 Å². The van der Waals surface area contributed by atoms with Gasteiger partial charge in [-0.2, -0.15) is 5.10 Å². The number of carbonyl (C=O) groups is 2. The van der Waals surface area contributed by atoms with Crippen molar-refractivity contribution in [2.75, 3.05) is 22.7 Å². The zero-order chi connectivity index (χ0) is 22.9. The Hall–Kier alpha value is -3.28. The minimum atomic E-state index is -4.05. The summed E-state index contributed by atoms with van der Waals surface area (Å²) in [7, 11) is -4.05. The molecule has 0 spiro atoms. The fraction of sp³-hybridized carbons (Fsp3) is 0.421. The number of hydrogen-bond acceptors (Lipinski definition) is 6. The van der Waals surface area contributed by atoms with Crippen LogP contribution in [-0.4, -0.2) is 54.5 Å². The molecule has 0 saturated carbocycles. The Morgan fingerprint density at radius 2 is 2.06 bits per heavy atom. The zero-order valence-corrected chi connectivity index (χ0v) is 18.4. The third kappa shape index (κ3) is 4.74. The SMILES string of the molecule is CC(=O)NCC1CN(S(=O)(=O)c2cn(C(C)C)nc2C)c2cc(NC(=O)O)ccc2O1. The van der Waals surface area contributed by atoms with Crippen LogP contribution in [0.1, 0.15) is 32.5 Å². The molecule has 0 radical (unpaired) electrons. The lowest BCUT2D eigenvalue weighted by atomic mass is 10.2. The molecule has 0 fully saturated rings. The summed E-state index contributed by atoms with van der Waals surface area (Å²) >= 11 is 0. The van der Waals surface area contributed by atoms with Crippen molar-refractivity contribution in [2.45, 2.75) is 44.7 Å².